The fourth-order valence-electron chi connectivity index (χ4n) is 2.89. The Kier molecular flexibility index (Phi) is 3.80. The first-order valence-electron chi connectivity index (χ1n) is 6.44. The number of benzene rings is 1. The van der Waals surface area contributed by atoms with Crippen LogP contribution in [0.2, 0.25) is 0 Å². The second-order valence-corrected chi connectivity index (χ2v) is 5.26. The van der Waals surface area contributed by atoms with Crippen molar-refractivity contribution in [3.63, 3.8) is 0 Å². The summed E-state index contributed by atoms with van der Waals surface area (Å²) in [5, 5.41) is 0. The Bertz CT molecular complexity index is 466. The summed E-state index contributed by atoms with van der Waals surface area (Å²) in [6.07, 6.45) is 1.72. The monoisotopic (exact) mass is 263 g/mol. The van der Waals surface area contributed by atoms with Crippen molar-refractivity contribution in [2.45, 2.75) is 18.9 Å². The number of esters is 1. The maximum atomic E-state index is 12.1. The maximum absolute atomic E-state index is 12.1. The van der Waals surface area contributed by atoms with Gasteiger partial charge in [-0.2, -0.15) is 0 Å². The largest absolute Gasteiger partial charge is 0.496 e. The van der Waals surface area contributed by atoms with E-state index in [1.54, 1.807) is 7.11 Å². The smallest absolute Gasteiger partial charge is 0.313 e. The zero-order chi connectivity index (χ0) is 14.0. The van der Waals surface area contributed by atoms with Crippen molar-refractivity contribution in [3.05, 3.63) is 29.8 Å². The molecule has 0 bridgehead atoms. The van der Waals surface area contributed by atoms with E-state index in [0.717, 1.165) is 24.2 Å². The van der Waals surface area contributed by atoms with Gasteiger partial charge in [0.25, 0.3) is 0 Å². The molecule has 1 fully saturated rings. The Morgan fingerprint density at radius 3 is 2.37 bits per heavy atom. The summed E-state index contributed by atoms with van der Waals surface area (Å²) in [4.78, 5) is 14.2. The average Bonchev–Trinajstić information content (AvgIpc) is 3.19. The molecule has 0 amide bonds. The molecular weight excluding hydrogens is 242 g/mol. The number of carbonyl (C=O) groups is 1. The second-order valence-electron chi connectivity index (χ2n) is 5.26. The van der Waals surface area contributed by atoms with Crippen LogP contribution in [0.3, 0.4) is 0 Å². The molecule has 0 heterocycles. The molecule has 0 radical (unpaired) electrons. The maximum Gasteiger partial charge on any atom is 0.313 e. The molecule has 0 saturated heterocycles. The molecule has 1 aliphatic rings. The third-order valence-corrected chi connectivity index (χ3v) is 3.85. The van der Waals surface area contributed by atoms with Crippen LogP contribution in [0.25, 0.3) is 0 Å². The Morgan fingerprint density at radius 2 is 1.89 bits per heavy atom. The summed E-state index contributed by atoms with van der Waals surface area (Å²) in [7, 11) is 7.08. The molecule has 1 unspecified atom stereocenters. The first-order chi connectivity index (χ1) is 9.06. The molecular formula is C15H21NO3. The van der Waals surface area contributed by atoms with E-state index in [1.807, 2.05) is 38.4 Å². The summed E-state index contributed by atoms with van der Waals surface area (Å²) in [6.45, 7) is 0. The highest BCUT2D eigenvalue weighted by atomic mass is 16.5. The second kappa shape index (κ2) is 5.21. The van der Waals surface area contributed by atoms with E-state index in [4.69, 9.17) is 9.47 Å². The zero-order valence-electron chi connectivity index (χ0n) is 12.0. The predicted octanol–water partition coefficient (Wildman–Crippen LogP) is 2.25. The van der Waals surface area contributed by atoms with E-state index in [-0.39, 0.29) is 12.0 Å². The van der Waals surface area contributed by atoms with E-state index in [1.165, 1.54) is 7.11 Å². The molecule has 1 atom stereocenters. The van der Waals surface area contributed by atoms with Gasteiger partial charge in [0.05, 0.1) is 25.7 Å². The Morgan fingerprint density at radius 1 is 1.26 bits per heavy atom. The molecule has 0 spiro atoms. The van der Waals surface area contributed by atoms with Crippen LogP contribution in [0.5, 0.6) is 5.75 Å². The van der Waals surface area contributed by atoms with Gasteiger partial charge >= 0.3 is 5.97 Å². The number of hydrogen-bond donors (Lipinski definition) is 0. The molecule has 19 heavy (non-hydrogen) atoms. The van der Waals surface area contributed by atoms with E-state index >= 15 is 0 Å². The summed E-state index contributed by atoms with van der Waals surface area (Å²) in [6, 6.07) is 7.84. The van der Waals surface area contributed by atoms with Gasteiger partial charge in [-0.1, -0.05) is 18.2 Å². The summed E-state index contributed by atoms with van der Waals surface area (Å²) in [5.74, 6) is 0.688. The van der Waals surface area contributed by atoms with Crippen LogP contribution in [0.15, 0.2) is 24.3 Å². The quantitative estimate of drug-likeness (QED) is 0.764. The molecule has 1 aromatic rings. The molecule has 0 aliphatic heterocycles. The summed E-state index contributed by atoms with van der Waals surface area (Å²) in [5.41, 5.74) is 0.616. The number of para-hydroxylation sites is 1. The van der Waals surface area contributed by atoms with Crippen molar-refractivity contribution < 1.29 is 14.3 Å². The van der Waals surface area contributed by atoms with Crippen LogP contribution in [0, 0.1) is 5.41 Å². The lowest BCUT2D eigenvalue weighted by Gasteiger charge is -2.32. The third kappa shape index (κ3) is 2.32. The minimum absolute atomic E-state index is 0.0175. The first kappa shape index (κ1) is 13.9. The number of hydrogen-bond acceptors (Lipinski definition) is 4. The van der Waals surface area contributed by atoms with Crippen molar-refractivity contribution in [2.75, 3.05) is 28.3 Å². The lowest BCUT2D eigenvalue weighted by Crippen LogP contribution is -2.35. The Hall–Kier alpha value is -1.55. The Labute approximate surface area is 114 Å². The number of carbonyl (C=O) groups excluding carboxylic acids is 1. The van der Waals surface area contributed by atoms with Gasteiger partial charge in [-0.05, 0) is 33.0 Å². The topological polar surface area (TPSA) is 38.8 Å². The third-order valence-electron chi connectivity index (χ3n) is 3.85. The van der Waals surface area contributed by atoms with Crippen molar-refractivity contribution in [1.29, 1.82) is 0 Å². The van der Waals surface area contributed by atoms with Gasteiger partial charge in [-0.15, -0.1) is 0 Å². The summed E-state index contributed by atoms with van der Waals surface area (Å²) >= 11 is 0. The van der Waals surface area contributed by atoms with E-state index in [0.29, 0.717) is 0 Å². The molecule has 0 aromatic heterocycles. The van der Waals surface area contributed by atoms with Crippen LogP contribution in [-0.2, 0) is 9.53 Å². The minimum atomic E-state index is -0.424. The molecule has 0 N–H and O–H groups in total. The van der Waals surface area contributed by atoms with Gasteiger partial charge in [0.15, 0.2) is 0 Å². The van der Waals surface area contributed by atoms with Crippen LogP contribution < -0.4 is 4.74 Å². The number of methoxy groups -OCH3 is 2. The van der Waals surface area contributed by atoms with Gasteiger partial charge < -0.3 is 14.4 Å². The van der Waals surface area contributed by atoms with Crippen LogP contribution in [-0.4, -0.2) is 39.2 Å². The van der Waals surface area contributed by atoms with Crippen LogP contribution >= 0.6 is 0 Å². The minimum Gasteiger partial charge on any atom is -0.496 e. The van der Waals surface area contributed by atoms with E-state index in [9.17, 15) is 4.79 Å². The number of nitrogens with zero attached hydrogens (tertiary/aromatic N) is 1. The van der Waals surface area contributed by atoms with Crippen molar-refractivity contribution in [1.82, 2.24) is 4.90 Å². The van der Waals surface area contributed by atoms with Crippen LogP contribution in [0.1, 0.15) is 24.4 Å². The normalized spacial score (nSPS) is 17.9. The van der Waals surface area contributed by atoms with Gasteiger partial charge in [0.1, 0.15) is 5.75 Å². The number of rotatable bonds is 5. The average molecular weight is 263 g/mol. The number of ether oxygens (including phenoxy) is 2. The molecule has 4 heteroatoms. The van der Waals surface area contributed by atoms with Gasteiger partial charge in [-0.25, -0.2) is 0 Å². The van der Waals surface area contributed by atoms with Gasteiger partial charge in [-0.3, -0.25) is 4.79 Å². The Balaban J connectivity index is 2.44. The van der Waals surface area contributed by atoms with E-state index in [2.05, 4.69) is 4.90 Å². The van der Waals surface area contributed by atoms with Gasteiger partial charge in [0.2, 0.25) is 0 Å². The summed E-state index contributed by atoms with van der Waals surface area (Å²) < 4.78 is 10.4. The standard InChI is InChI=1S/C15H21NO3/c1-16(2)13(15(9-10-15)14(17)19-4)11-7-5-6-8-12(11)18-3/h5-8,13H,9-10H2,1-4H3. The fourth-order valence-corrected chi connectivity index (χ4v) is 2.89. The van der Waals surface area contributed by atoms with Gasteiger partial charge in [0, 0.05) is 5.56 Å². The van der Waals surface area contributed by atoms with Crippen molar-refractivity contribution >= 4 is 5.97 Å². The highest BCUT2D eigenvalue weighted by Crippen LogP contribution is 2.58. The molecule has 1 saturated carbocycles. The predicted molar refractivity (Wildman–Crippen MR) is 73.1 cm³/mol. The lowest BCUT2D eigenvalue weighted by atomic mass is 9.88. The molecule has 4 nitrogen and oxygen atoms in total. The zero-order valence-corrected chi connectivity index (χ0v) is 12.0. The van der Waals surface area contributed by atoms with Crippen molar-refractivity contribution in [2.24, 2.45) is 5.41 Å². The van der Waals surface area contributed by atoms with Crippen LogP contribution in [0.4, 0.5) is 0 Å². The highest BCUT2D eigenvalue weighted by Gasteiger charge is 2.58. The molecule has 2 rings (SSSR count). The first-order valence-corrected chi connectivity index (χ1v) is 6.44. The van der Waals surface area contributed by atoms with Crippen molar-refractivity contribution in [3.8, 4) is 5.75 Å². The molecule has 1 aliphatic carbocycles. The SMILES string of the molecule is COC(=O)C1(C(c2ccccc2OC)N(C)C)CC1. The molecule has 1 aromatic carbocycles. The lowest BCUT2D eigenvalue weighted by molar-refractivity contribution is -0.150. The molecule has 104 valence electrons. The highest BCUT2D eigenvalue weighted by molar-refractivity contribution is 5.81. The fraction of sp³-hybridized carbons (Fsp3) is 0.533. The van der Waals surface area contributed by atoms with E-state index < -0.39 is 5.41 Å².